The van der Waals surface area contributed by atoms with Gasteiger partial charge in [-0.1, -0.05) is 43.7 Å². The summed E-state index contributed by atoms with van der Waals surface area (Å²) in [5.74, 6) is -0.445. The highest BCUT2D eigenvalue weighted by Gasteiger charge is 2.29. The van der Waals surface area contributed by atoms with E-state index < -0.39 is 6.04 Å². The quantitative estimate of drug-likeness (QED) is 0.633. The van der Waals surface area contributed by atoms with E-state index in [0.29, 0.717) is 18.7 Å². The molecule has 2 aromatic carbocycles. The molecule has 2 rings (SSSR count). The van der Waals surface area contributed by atoms with Crippen LogP contribution in [0.2, 0.25) is 0 Å². The molecule has 162 valence electrons. The van der Waals surface area contributed by atoms with Gasteiger partial charge in [-0.25, -0.2) is 4.39 Å². The Morgan fingerprint density at radius 2 is 1.67 bits per heavy atom. The van der Waals surface area contributed by atoms with Gasteiger partial charge in [-0.15, -0.1) is 0 Å². The smallest absolute Gasteiger partial charge is 0.261 e. The zero-order valence-electron chi connectivity index (χ0n) is 18.2. The van der Waals surface area contributed by atoms with Gasteiger partial charge in [0.05, 0.1) is 0 Å². The van der Waals surface area contributed by atoms with Gasteiger partial charge in [-0.3, -0.25) is 9.59 Å². The number of carbonyl (C=O) groups excluding carboxylic acids is 2. The minimum Gasteiger partial charge on any atom is -0.484 e. The number of aryl methyl sites for hydroxylation is 1. The van der Waals surface area contributed by atoms with Gasteiger partial charge in [0.2, 0.25) is 5.91 Å². The molecule has 0 aliphatic heterocycles. The van der Waals surface area contributed by atoms with Crippen LogP contribution in [-0.2, 0) is 16.1 Å². The van der Waals surface area contributed by atoms with Crippen LogP contribution in [0.5, 0.6) is 5.75 Å². The van der Waals surface area contributed by atoms with E-state index in [4.69, 9.17) is 4.74 Å². The number of ether oxygens (including phenoxy) is 1. The topological polar surface area (TPSA) is 58.6 Å². The number of nitrogens with zero attached hydrogens (tertiary/aromatic N) is 1. The number of carbonyl (C=O) groups is 2. The third-order valence-electron chi connectivity index (χ3n) is 5.04. The summed E-state index contributed by atoms with van der Waals surface area (Å²) in [6, 6.07) is 12.8. The van der Waals surface area contributed by atoms with Gasteiger partial charge < -0.3 is 15.0 Å². The predicted octanol–water partition coefficient (Wildman–Crippen LogP) is 4.24. The highest BCUT2D eigenvalue weighted by molar-refractivity contribution is 5.88. The second-order valence-electron chi connectivity index (χ2n) is 7.49. The van der Waals surface area contributed by atoms with Gasteiger partial charge in [0.25, 0.3) is 5.91 Å². The minimum absolute atomic E-state index is 0.0262. The fraction of sp³-hybridized carbons (Fsp3) is 0.417. The Hall–Kier alpha value is -2.89. The lowest BCUT2D eigenvalue weighted by molar-refractivity contribution is -0.143. The Bertz CT molecular complexity index is 821. The molecule has 0 aromatic heterocycles. The molecule has 0 fully saturated rings. The summed E-state index contributed by atoms with van der Waals surface area (Å²) in [5, 5.41) is 2.98. The predicted molar refractivity (Wildman–Crippen MR) is 116 cm³/mol. The van der Waals surface area contributed by atoms with Crippen molar-refractivity contribution in [2.45, 2.75) is 59.2 Å². The molecule has 0 saturated heterocycles. The van der Waals surface area contributed by atoms with Crippen molar-refractivity contribution in [3.63, 3.8) is 0 Å². The molecule has 5 nitrogen and oxygen atoms in total. The van der Waals surface area contributed by atoms with Crippen molar-refractivity contribution in [2.24, 2.45) is 0 Å². The van der Waals surface area contributed by atoms with Gasteiger partial charge in [-0.2, -0.15) is 0 Å². The maximum absolute atomic E-state index is 13.1. The van der Waals surface area contributed by atoms with Crippen LogP contribution in [0.3, 0.4) is 0 Å². The Kier molecular flexibility index (Phi) is 8.84. The van der Waals surface area contributed by atoms with Crippen LogP contribution < -0.4 is 10.1 Å². The van der Waals surface area contributed by atoms with Crippen molar-refractivity contribution in [1.82, 2.24) is 10.2 Å². The Morgan fingerprint density at radius 1 is 1.03 bits per heavy atom. The molecule has 2 amide bonds. The molecule has 2 aromatic rings. The third-order valence-corrected chi connectivity index (χ3v) is 5.04. The zero-order chi connectivity index (χ0) is 22.1. The normalized spacial score (nSPS) is 12.7. The van der Waals surface area contributed by atoms with Crippen molar-refractivity contribution in [1.29, 1.82) is 0 Å². The molecule has 0 aliphatic carbocycles. The van der Waals surface area contributed by atoms with E-state index in [0.717, 1.165) is 17.5 Å². The number of benzene rings is 2. The Labute approximate surface area is 178 Å². The molecule has 0 heterocycles. The molecule has 0 unspecified atom stereocenters. The lowest BCUT2D eigenvalue weighted by Crippen LogP contribution is -2.51. The van der Waals surface area contributed by atoms with E-state index in [-0.39, 0.29) is 30.3 Å². The summed E-state index contributed by atoms with van der Waals surface area (Å²) in [7, 11) is 0. The van der Waals surface area contributed by atoms with E-state index in [1.807, 2.05) is 52.0 Å². The molecule has 6 heteroatoms. The van der Waals surface area contributed by atoms with Crippen molar-refractivity contribution in [2.75, 3.05) is 6.61 Å². The molecule has 30 heavy (non-hydrogen) atoms. The lowest BCUT2D eigenvalue weighted by atomic mass is 10.1. The molecule has 0 radical (unpaired) electrons. The van der Waals surface area contributed by atoms with Crippen LogP contribution >= 0.6 is 0 Å². The second-order valence-corrected chi connectivity index (χ2v) is 7.49. The van der Waals surface area contributed by atoms with Crippen molar-refractivity contribution < 1.29 is 18.7 Å². The first-order valence-electron chi connectivity index (χ1n) is 10.4. The first-order chi connectivity index (χ1) is 14.3. The largest absolute Gasteiger partial charge is 0.484 e. The average Bonchev–Trinajstić information content (AvgIpc) is 2.74. The van der Waals surface area contributed by atoms with Crippen molar-refractivity contribution in [3.05, 3.63) is 65.5 Å². The summed E-state index contributed by atoms with van der Waals surface area (Å²) < 4.78 is 18.6. The van der Waals surface area contributed by atoms with E-state index >= 15 is 0 Å². The van der Waals surface area contributed by atoms with E-state index in [2.05, 4.69) is 5.32 Å². The van der Waals surface area contributed by atoms with Gasteiger partial charge in [0.15, 0.2) is 6.61 Å². The van der Waals surface area contributed by atoms with Crippen LogP contribution in [0.4, 0.5) is 4.39 Å². The summed E-state index contributed by atoms with van der Waals surface area (Å²) in [4.78, 5) is 27.5. The number of amides is 2. The average molecular weight is 415 g/mol. The molecule has 2 atom stereocenters. The SMILES string of the molecule is CC[C@@H](C)NC(=O)[C@H](CC)N(Cc1ccc(C)cc1)C(=O)COc1ccc(F)cc1. The van der Waals surface area contributed by atoms with Crippen LogP contribution in [0.25, 0.3) is 0 Å². The highest BCUT2D eigenvalue weighted by atomic mass is 19.1. The van der Waals surface area contributed by atoms with Crippen molar-refractivity contribution in [3.8, 4) is 5.75 Å². The number of hydrogen-bond donors (Lipinski definition) is 1. The second kappa shape index (κ2) is 11.3. The monoisotopic (exact) mass is 414 g/mol. The van der Waals surface area contributed by atoms with Gasteiger partial charge in [-0.05, 0) is 56.5 Å². The summed E-state index contributed by atoms with van der Waals surface area (Å²) in [6.07, 6.45) is 1.29. The number of halogens is 1. The fourth-order valence-electron chi connectivity index (χ4n) is 3.01. The molecule has 0 saturated carbocycles. The molecule has 0 spiro atoms. The van der Waals surface area contributed by atoms with Crippen LogP contribution in [0.1, 0.15) is 44.7 Å². The molecular weight excluding hydrogens is 383 g/mol. The minimum atomic E-state index is -0.607. The Balaban J connectivity index is 2.19. The van der Waals surface area contributed by atoms with E-state index in [1.165, 1.54) is 24.3 Å². The first kappa shape index (κ1) is 23.4. The highest BCUT2D eigenvalue weighted by Crippen LogP contribution is 2.16. The molecule has 1 N–H and O–H groups in total. The number of rotatable bonds is 10. The number of nitrogens with one attached hydrogen (secondary N) is 1. The first-order valence-corrected chi connectivity index (χ1v) is 10.4. The third kappa shape index (κ3) is 6.87. The van der Waals surface area contributed by atoms with Crippen LogP contribution in [-0.4, -0.2) is 35.4 Å². The maximum Gasteiger partial charge on any atom is 0.261 e. The van der Waals surface area contributed by atoms with Crippen molar-refractivity contribution >= 4 is 11.8 Å². The van der Waals surface area contributed by atoms with Crippen LogP contribution in [0.15, 0.2) is 48.5 Å². The Morgan fingerprint density at radius 3 is 2.23 bits per heavy atom. The summed E-state index contributed by atoms with van der Waals surface area (Å²) in [6.45, 7) is 7.89. The van der Waals surface area contributed by atoms with Gasteiger partial charge >= 0.3 is 0 Å². The van der Waals surface area contributed by atoms with E-state index in [1.54, 1.807) is 4.90 Å². The fourth-order valence-corrected chi connectivity index (χ4v) is 3.01. The number of hydrogen-bond acceptors (Lipinski definition) is 3. The zero-order valence-corrected chi connectivity index (χ0v) is 18.2. The molecular formula is C24H31FN2O3. The van der Waals surface area contributed by atoms with Gasteiger partial charge in [0, 0.05) is 12.6 Å². The van der Waals surface area contributed by atoms with Crippen LogP contribution in [0, 0.1) is 12.7 Å². The lowest BCUT2D eigenvalue weighted by Gasteiger charge is -2.31. The molecule has 0 bridgehead atoms. The molecule has 0 aliphatic rings. The summed E-state index contributed by atoms with van der Waals surface area (Å²) in [5.41, 5.74) is 2.06. The van der Waals surface area contributed by atoms with E-state index in [9.17, 15) is 14.0 Å². The standard InChI is InChI=1S/C24H31FN2O3/c1-5-18(4)26-24(29)22(6-2)27(15-19-9-7-17(3)8-10-19)23(28)16-30-21-13-11-20(25)12-14-21/h7-14,18,22H,5-6,15-16H2,1-4H3,(H,26,29)/t18-,22+/m1/s1. The van der Waals surface area contributed by atoms with Gasteiger partial charge in [0.1, 0.15) is 17.6 Å². The summed E-state index contributed by atoms with van der Waals surface area (Å²) >= 11 is 0. The maximum atomic E-state index is 13.1.